The van der Waals surface area contributed by atoms with Crippen LogP contribution in [0, 0.1) is 5.82 Å². The Labute approximate surface area is 89.3 Å². The summed E-state index contributed by atoms with van der Waals surface area (Å²) in [4.78, 5) is 0. The van der Waals surface area contributed by atoms with Crippen molar-refractivity contribution in [1.82, 2.24) is 5.32 Å². The highest BCUT2D eigenvalue weighted by molar-refractivity contribution is 6.30. The molecule has 0 radical (unpaired) electrons. The molecule has 0 heterocycles. The number of hydrogen-bond donors (Lipinski definition) is 1. The molecule has 0 saturated heterocycles. The van der Waals surface area contributed by atoms with Gasteiger partial charge in [-0.2, -0.15) is 0 Å². The van der Waals surface area contributed by atoms with E-state index in [9.17, 15) is 4.39 Å². The van der Waals surface area contributed by atoms with Gasteiger partial charge in [0.2, 0.25) is 0 Å². The van der Waals surface area contributed by atoms with Crippen LogP contribution in [0.15, 0.2) is 18.2 Å². The van der Waals surface area contributed by atoms with E-state index in [1.165, 1.54) is 6.07 Å². The lowest BCUT2D eigenvalue weighted by Gasteiger charge is -2.14. The average molecular weight is 216 g/mol. The maximum Gasteiger partial charge on any atom is 0.126 e. The summed E-state index contributed by atoms with van der Waals surface area (Å²) in [6.45, 7) is 2.07. The average Bonchev–Trinajstić information content (AvgIpc) is 2.19. The van der Waals surface area contributed by atoms with E-state index in [2.05, 4.69) is 12.2 Å². The lowest BCUT2D eigenvalue weighted by atomic mass is 10.0. The first-order valence-electron chi connectivity index (χ1n) is 4.78. The summed E-state index contributed by atoms with van der Waals surface area (Å²) in [5, 5.41) is 3.73. The van der Waals surface area contributed by atoms with Gasteiger partial charge in [0.1, 0.15) is 5.82 Å². The van der Waals surface area contributed by atoms with Gasteiger partial charge in [-0.15, -0.1) is 0 Å². The Kier molecular flexibility index (Phi) is 4.36. The second-order valence-corrected chi connectivity index (χ2v) is 3.77. The van der Waals surface area contributed by atoms with Gasteiger partial charge < -0.3 is 5.32 Å². The molecule has 3 heteroatoms. The van der Waals surface area contributed by atoms with E-state index in [4.69, 9.17) is 11.6 Å². The minimum Gasteiger partial charge on any atom is -0.317 e. The maximum atomic E-state index is 13.3. The lowest BCUT2D eigenvalue weighted by Crippen LogP contribution is -2.26. The van der Waals surface area contributed by atoms with E-state index in [1.807, 2.05) is 7.05 Å². The van der Waals surface area contributed by atoms with Crippen LogP contribution in [0.4, 0.5) is 4.39 Å². The van der Waals surface area contributed by atoms with E-state index in [0.29, 0.717) is 23.0 Å². The molecule has 0 aromatic heterocycles. The quantitative estimate of drug-likeness (QED) is 0.814. The van der Waals surface area contributed by atoms with Crippen LogP contribution >= 0.6 is 11.6 Å². The van der Waals surface area contributed by atoms with Crippen LogP contribution in [0.1, 0.15) is 18.9 Å². The zero-order chi connectivity index (χ0) is 10.6. The largest absolute Gasteiger partial charge is 0.317 e. The Morgan fingerprint density at radius 1 is 1.50 bits per heavy atom. The molecule has 1 unspecified atom stereocenters. The molecule has 1 nitrogen and oxygen atoms in total. The molecule has 78 valence electrons. The lowest BCUT2D eigenvalue weighted by molar-refractivity contribution is 0.522. The van der Waals surface area contributed by atoms with Gasteiger partial charge in [0.15, 0.2) is 0 Å². The summed E-state index contributed by atoms with van der Waals surface area (Å²) in [7, 11) is 1.89. The van der Waals surface area contributed by atoms with Gasteiger partial charge in [-0.05, 0) is 43.7 Å². The highest BCUT2D eigenvalue weighted by Gasteiger charge is 2.08. The van der Waals surface area contributed by atoms with Crippen molar-refractivity contribution in [3.63, 3.8) is 0 Å². The number of rotatable bonds is 4. The predicted molar refractivity (Wildman–Crippen MR) is 58.3 cm³/mol. The number of likely N-dealkylation sites (N-methyl/N-ethyl adjacent to an activating group) is 1. The molecule has 0 aliphatic carbocycles. The normalized spacial score (nSPS) is 12.9. The molecule has 1 aromatic rings. The smallest absolute Gasteiger partial charge is 0.126 e. The number of halogens is 2. The van der Waals surface area contributed by atoms with E-state index in [-0.39, 0.29) is 5.82 Å². The van der Waals surface area contributed by atoms with Crippen molar-refractivity contribution < 1.29 is 4.39 Å². The number of nitrogens with one attached hydrogen (secondary N) is 1. The van der Waals surface area contributed by atoms with E-state index < -0.39 is 0 Å². The fraction of sp³-hybridized carbons (Fsp3) is 0.455. The molecule has 0 saturated carbocycles. The summed E-state index contributed by atoms with van der Waals surface area (Å²) >= 11 is 5.80. The van der Waals surface area contributed by atoms with Crippen molar-refractivity contribution in [2.45, 2.75) is 25.8 Å². The Morgan fingerprint density at radius 2 is 2.21 bits per heavy atom. The molecule has 0 bridgehead atoms. The van der Waals surface area contributed by atoms with Crippen LogP contribution in [0.3, 0.4) is 0 Å². The summed E-state index contributed by atoms with van der Waals surface area (Å²) < 4.78 is 13.3. The van der Waals surface area contributed by atoms with Crippen LogP contribution in [0.25, 0.3) is 0 Å². The van der Waals surface area contributed by atoms with Gasteiger partial charge in [-0.3, -0.25) is 0 Å². The van der Waals surface area contributed by atoms with Crippen molar-refractivity contribution >= 4 is 11.6 Å². The van der Waals surface area contributed by atoms with Crippen LogP contribution in [-0.2, 0) is 6.42 Å². The molecule has 0 spiro atoms. The minimum absolute atomic E-state index is 0.178. The van der Waals surface area contributed by atoms with Crippen molar-refractivity contribution in [3.8, 4) is 0 Å². The minimum atomic E-state index is -0.178. The molecule has 0 aliphatic heterocycles. The third kappa shape index (κ3) is 2.96. The van der Waals surface area contributed by atoms with Crippen LogP contribution in [0.2, 0.25) is 5.02 Å². The standard InChI is InChI=1S/C11H15ClFN/c1-3-10(14-2)7-8-6-9(12)4-5-11(8)13/h4-6,10,14H,3,7H2,1-2H3. The maximum absolute atomic E-state index is 13.3. The molecular weight excluding hydrogens is 201 g/mol. The summed E-state index contributed by atoms with van der Waals surface area (Å²) in [6, 6.07) is 4.99. The topological polar surface area (TPSA) is 12.0 Å². The van der Waals surface area contributed by atoms with Gasteiger partial charge in [0, 0.05) is 11.1 Å². The third-order valence-corrected chi connectivity index (χ3v) is 2.61. The third-order valence-electron chi connectivity index (χ3n) is 2.38. The molecule has 0 fully saturated rings. The Morgan fingerprint density at radius 3 is 2.79 bits per heavy atom. The SMILES string of the molecule is CCC(Cc1cc(Cl)ccc1F)NC. The fourth-order valence-electron chi connectivity index (χ4n) is 1.42. The molecule has 1 atom stereocenters. The summed E-state index contributed by atoms with van der Waals surface area (Å²) in [6.07, 6.45) is 1.65. The molecule has 0 amide bonds. The van der Waals surface area contributed by atoms with Crippen LogP contribution in [-0.4, -0.2) is 13.1 Å². The van der Waals surface area contributed by atoms with Crippen molar-refractivity contribution in [1.29, 1.82) is 0 Å². The van der Waals surface area contributed by atoms with Crippen molar-refractivity contribution in [3.05, 3.63) is 34.6 Å². The van der Waals surface area contributed by atoms with Crippen molar-refractivity contribution in [2.75, 3.05) is 7.05 Å². The van der Waals surface area contributed by atoms with Gasteiger partial charge in [-0.25, -0.2) is 4.39 Å². The highest BCUT2D eigenvalue weighted by atomic mass is 35.5. The Bertz CT molecular complexity index is 297. The molecule has 0 aliphatic rings. The first-order valence-corrected chi connectivity index (χ1v) is 5.16. The Hall–Kier alpha value is -0.600. The van der Waals surface area contributed by atoms with E-state index in [0.717, 1.165) is 6.42 Å². The first kappa shape index (κ1) is 11.5. The monoisotopic (exact) mass is 215 g/mol. The van der Waals surface area contributed by atoms with Crippen LogP contribution in [0.5, 0.6) is 0 Å². The summed E-state index contributed by atoms with van der Waals surface area (Å²) in [5.41, 5.74) is 0.679. The molecular formula is C11H15ClFN. The zero-order valence-electron chi connectivity index (χ0n) is 8.48. The van der Waals surface area contributed by atoms with E-state index in [1.54, 1.807) is 12.1 Å². The second-order valence-electron chi connectivity index (χ2n) is 3.33. The van der Waals surface area contributed by atoms with Gasteiger partial charge in [0.05, 0.1) is 0 Å². The predicted octanol–water partition coefficient (Wildman–Crippen LogP) is 3.02. The molecule has 1 aromatic carbocycles. The van der Waals surface area contributed by atoms with Crippen molar-refractivity contribution in [2.24, 2.45) is 0 Å². The molecule has 1 N–H and O–H groups in total. The molecule has 1 rings (SSSR count). The second kappa shape index (κ2) is 5.32. The van der Waals surface area contributed by atoms with Crippen LogP contribution < -0.4 is 5.32 Å². The first-order chi connectivity index (χ1) is 6.67. The molecule has 14 heavy (non-hydrogen) atoms. The highest BCUT2D eigenvalue weighted by Crippen LogP contribution is 2.16. The zero-order valence-corrected chi connectivity index (χ0v) is 9.24. The number of hydrogen-bond acceptors (Lipinski definition) is 1. The fourth-order valence-corrected chi connectivity index (χ4v) is 1.61. The van der Waals surface area contributed by atoms with E-state index >= 15 is 0 Å². The number of benzene rings is 1. The van der Waals surface area contributed by atoms with Gasteiger partial charge in [-0.1, -0.05) is 18.5 Å². The van der Waals surface area contributed by atoms with Gasteiger partial charge in [0.25, 0.3) is 0 Å². The summed E-state index contributed by atoms with van der Waals surface area (Å²) in [5.74, 6) is -0.178. The van der Waals surface area contributed by atoms with Gasteiger partial charge >= 0.3 is 0 Å². The Balaban J connectivity index is 2.79.